The fourth-order valence-corrected chi connectivity index (χ4v) is 2.23. The Bertz CT molecular complexity index is 368. The van der Waals surface area contributed by atoms with E-state index in [9.17, 15) is 13.6 Å². The molecule has 0 aliphatic rings. The van der Waals surface area contributed by atoms with Gasteiger partial charge in [0.1, 0.15) is 5.78 Å². The van der Waals surface area contributed by atoms with Crippen molar-refractivity contribution in [2.24, 2.45) is 0 Å². The van der Waals surface area contributed by atoms with Gasteiger partial charge in [0.15, 0.2) is 0 Å². The molecule has 15 heavy (non-hydrogen) atoms. The van der Waals surface area contributed by atoms with Gasteiger partial charge in [0.25, 0.3) is 6.43 Å². The number of carbonyl (C=O) groups is 1. The number of carbonyl (C=O) groups excluding carboxylic acids is 1. The van der Waals surface area contributed by atoms with Crippen molar-refractivity contribution in [1.82, 2.24) is 0 Å². The number of alkyl halides is 3. The predicted molar refractivity (Wildman–Crippen MR) is 66.6 cm³/mol. The molecule has 0 aliphatic carbocycles. The summed E-state index contributed by atoms with van der Waals surface area (Å²) in [7, 11) is 0. The van der Waals surface area contributed by atoms with Crippen LogP contribution in [0.4, 0.5) is 8.78 Å². The van der Waals surface area contributed by atoms with Crippen molar-refractivity contribution in [1.29, 1.82) is 0 Å². The van der Waals surface area contributed by atoms with E-state index in [0.717, 1.165) is 0 Å². The molecule has 0 heterocycles. The van der Waals surface area contributed by atoms with Gasteiger partial charge in [0.2, 0.25) is 0 Å². The van der Waals surface area contributed by atoms with Crippen LogP contribution in [0.3, 0.4) is 0 Å². The van der Waals surface area contributed by atoms with Crippen molar-refractivity contribution in [3.63, 3.8) is 0 Å². The van der Waals surface area contributed by atoms with E-state index >= 15 is 0 Å². The van der Waals surface area contributed by atoms with Gasteiger partial charge in [-0.1, -0.05) is 28.1 Å². The Morgan fingerprint density at radius 1 is 1.47 bits per heavy atom. The van der Waals surface area contributed by atoms with E-state index in [4.69, 9.17) is 0 Å². The van der Waals surface area contributed by atoms with Gasteiger partial charge >= 0.3 is 0 Å². The first kappa shape index (κ1) is 13.0. The second-order valence-corrected chi connectivity index (χ2v) is 4.69. The Labute approximate surface area is 109 Å². The summed E-state index contributed by atoms with van der Waals surface area (Å²) in [6.07, 6.45) is -2.47. The molecule has 0 aromatic heterocycles. The average molecular weight is 389 g/mol. The van der Waals surface area contributed by atoms with E-state index in [2.05, 4.69) is 15.9 Å². The summed E-state index contributed by atoms with van der Waals surface area (Å²) in [6.45, 7) is 0. The highest BCUT2D eigenvalue weighted by molar-refractivity contribution is 14.1. The molecule has 5 heteroatoms. The number of hydrogen-bond acceptors (Lipinski definition) is 1. The van der Waals surface area contributed by atoms with Crippen molar-refractivity contribution < 1.29 is 13.6 Å². The minimum absolute atomic E-state index is 0.0209. The van der Waals surface area contributed by atoms with Crippen LogP contribution in [-0.4, -0.2) is 11.1 Å². The van der Waals surface area contributed by atoms with E-state index in [-0.39, 0.29) is 23.1 Å². The maximum Gasteiger partial charge on any atom is 0.265 e. The minimum atomic E-state index is -2.53. The molecule has 0 bridgehead atoms. The lowest BCUT2D eigenvalue weighted by Gasteiger charge is -2.09. The van der Waals surface area contributed by atoms with Gasteiger partial charge in [0.05, 0.1) is 5.33 Å². The molecule has 82 valence electrons. The van der Waals surface area contributed by atoms with Gasteiger partial charge in [-0.3, -0.25) is 4.79 Å². The van der Waals surface area contributed by atoms with Crippen molar-refractivity contribution >= 4 is 44.3 Å². The third-order valence-corrected chi connectivity index (χ3v) is 3.46. The monoisotopic (exact) mass is 388 g/mol. The van der Waals surface area contributed by atoms with E-state index in [1.165, 1.54) is 0 Å². The number of hydrogen-bond donors (Lipinski definition) is 0. The largest absolute Gasteiger partial charge is 0.298 e. The molecule has 0 aliphatic heterocycles. The van der Waals surface area contributed by atoms with Crippen molar-refractivity contribution in [3.05, 3.63) is 32.9 Å². The average Bonchev–Trinajstić information content (AvgIpc) is 2.17. The Morgan fingerprint density at radius 2 is 2.13 bits per heavy atom. The molecule has 1 aromatic rings. The second-order valence-electron chi connectivity index (χ2n) is 2.96. The van der Waals surface area contributed by atoms with Gasteiger partial charge in [-0.2, -0.15) is 0 Å². The maximum atomic E-state index is 12.7. The zero-order valence-corrected chi connectivity index (χ0v) is 11.4. The minimum Gasteiger partial charge on any atom is -0.298 e. The summed E-state index contributed by atoms with van der Waals surface area (Å²) in [6, 6.07) is 4.87. The molecule has 0 amide bonds. The van der Waals surface area contributed by atoms with Crippen LogP contribution in [0.1, 0.15) is 17.6 Å². The molecule has 0 atom stereocenters. The van der Waals surface area contributed by atoms with Crippen molar-refractivity contribution in [2.45, 2.75) is 12.8 Å². The SMILES string of the molecule is O=C(CBr)Cc1cccc(I)c1C(F)F. The molecular formula is C10H8BrF2IO. The normalized spacial score (nSPS) is 10.7. The van der Waals surface area contributed by atoms with Crippen LogP contribution in [0.15, 0.2) is 18.2 Å². The highest BCUT2D eigenvalue weighted by Crippen LogP contribution is 2.28. The van der Waals surface area contributed by atoms with E-state index in [1.54, 1.807) is 18.2 Å². The first-order valence-electron chi connectivity index (χ1n) is 4.19. The fraction of sp³-hybridized carbons (Fsp3) is 0.300. The highest BCUT2D eigenvalue weighted by Gasteiger charge is 2.17. The standard InChI is InChI=1S/C10H8BrF2IO/c11-5-7(15)4-6-2-1-3-8(14)9(6)10(12)13/h1-3,10H,4-5H2. The molecule has 0 fully saturated rings. The van der Waals surface area contributed by atoms with Crippen LogP contribution in [0.2, 0.25) is 0 Å². The van der Waals surface area contributed by atoms with Gasteiger partial charge in [-0.15, -0.1) is 0 Å². The van der Waals surface area contributed by atoms with Crippen molar-refractivity contribution in [3.8, 4) is 0 Å². The summed E-state index contributed by atoms with van der Waals surface area (Å²) < 4.78 is 25.9. The first-order valence-corrected chi connectivity index (χ1v) is 6.39. The number of benzene rings is 1. The predicted octanol–water partition coefficient (Wildman–Crippen LogP) is 3.74. The first-order chi connectivity index (χ1) is 7.06. The summed E-state index contributed by atoms with van der Waals surface area (Å²) in [5.41, 5.74) is 0.397. The smallest absolute Gasteiger partial charge is 0.265 e. The summed E-state index contributed by atoms with van der Waals surface area (Å²) in [5, 5.41) is 0.196. The Balaban J connectivity index is 3.06. The van der Waals surface area contributed by atoms with E-state index in [0.29, 0.717) is 9.13 Å². The molecule has 1 nitrogen and oxygen atoms in total. The molecule has 0 saturated carbocycles. The molecule has 0 N–H and O–H groups in total. The van der Waals surface area contributed by atoms with Gasteiger partial charge in [0, 0.05) is 15.6 Å². The van der Waals surface area contributed by atoms with Crippen molar-refractivity contribution in [2.75, 3.05) is 5.33 Å². The van der Waals surface area contributed by atoms with Gasteiger partial charge in [-0.05, 0) is 34.2 Å². The topological polar surface area (TPSA) is 17.1 Å². The number of ketones is 1. The molecule has 0 unspecified atom stereocenters. The molecule has 0 saturated heterocycles. The lowest BCUT2D eigenvalue weighted by atomic mass is 10.0. The summed E-state index contributed by atoms with van der Waals surface area (Å²) >= 11 is 4.87. The van der Waals surface area contributed by atoms with Gasteiger partial charge in [-0.25, -0.2) is 8.78 Å². The lowest BCUT2D eigenvalue weighted by molar-refractivity contribution is -0.115. The summed E-state index contributed by atoms with van der Waals surface area (Å²) in [4.78, 5) is 11.2. The molecule has 0 radical (unpaired) electrons. The molecule has 1 rings (SSSR count). The Hall–Kier alpha value is -0.0400. The van der Waals surface area contributed by atoms with Crippen LogP contribution in [0.25, 0.3) is 0 Å². The third kappa shape index (κ3) is 3.48. The Morgan fingerprint density at radius 3 is 2.67 bits per heavy atom. The number of halogens is 4. The molecule has 1 aromatic carbocycles. The quantitative estimate of drug-likeness (QED) is 0.567. The third-order valence-electron chi connectivity index (χ3n) is 1.90. The maximum absolute atomic E-state index is 12.7. The number of rotatable bonds is 4. The summed E-state index contributed by atoms with van der Waals surface area (Å²) in [5.74, 6) is -0.0982. The fourth-order valence-electron chi connectivity index (χ4n) is 1.24. The zero-order valence-electron chi connectivity index (χ0n) is 7.64. The Kier molecular flexibility index (Phi) is 5.11. The van der Waals surface area contributed by atoms with Crippen LogP contribution >= 0.6 is 38.5 Å². The molecular weight excluding hydrogens is 381 g/mol. The number of Topliss-reactive ketones (excluding diaryl/α,β-unsaturated/α-hetero) is 1. The molecule has 0 spiro atoms. The highest BCUT2D eigenvalue weighted by atomic mass is 127. The van der Waals surface area contributed by atoms with Crippen LogP contribution in [-0.2, 0) is 11.2 Å². The lowest BCUT2D eigenvalue weighted by Crippen LogP contribution is -2.07. The zero-order chi connectivity index (χ0) is 11.4. The van der Waals surface area contributed by atoms with E-state index in [1.807, 2.05) is 22.6 Å². The van der Waals surface area contributed by atoms with E-state index < -0.39 is 6.43 Å². The van der Waals surface area contributed by atoms with Crippen LogP contribution in [0.5, 0.6) is 0 Å². The second kappa shape index (κ2) is 5.89. The van der Waals surface area contributed by atoms with Crippen LogP contribution in [0, 0.1) is 3.57 Å². The van der Waals surface area contributed by atoms with Gasteiger partial charge < -0.3 is 0 Å². The van der Waals surface area contributed by atoms with Crippen LogP contribution < -0.4 is 0 Å².